The molecule has 88 valence electrons. The van der Waals surface area contributed by atoms with Gasteiger partial charge in [-0.25, -0.2) is 0 Å². The molecule has 1 aliphatic rings. The van der Waals surface area contributed by atoms with Crippen LogP contribution in [0.4, 0.5) is 5.69 Å². The second-order valence-corrected chi connectivity index (χ2v) is 5.49. The Bertz CT molecular complexity index is 370. The van der Waals surface area contributed by atoms with Crippen LogP contribution >= 0.6 is 27.5 Å². The molecule has 0 bridgehead atoms. The van der Waals surface area contributed by atoms with Crippen molar-refractivity contribution in [1.82, 2.24) is 5.32 Å². The minimum Gasteiger partial charge on any atom is -0.369 e. The Morgan fingerprint density at radius 1 is 1.50 bits per heavy atom. The molecule has 1 saturated heterocycles. The number of piperidine rings is 1. The molecule has 0 aromatic heterocycles. The van der Waals surface area contributed by atoms with Crippen molar-refractivity contribution in [1.29, 1.82) is 0 Å². The molecule has 1 aromatic carbocycles. The molecule has 0 radical (unpaired) electrons. The molecule has 1 aliphatic heterocycles. The van der Waals surface area contributed by atoms with Crippen molar-refractivity contribution in [2.75, 3.05) is 25.0 Å². The van der Waals surface area contributed by atoms with Crippen molar-refractivity contribution in [3.8, 4) is 0 Å². The van der Waals surface area contributed by atoms with Crippen LogP contribution in [0.25, 0.3) is 0 Å². The summed E-state index contributed by atoms with van der Waals surface area (Å²) in [5.41, 5.74) is 1.14. The predicted octanol–water partition coefficient (Wildman–Crippen LogP) is 3.29. The van der Waals surface area contributed by atoms with Crippen LogP contribution < -0.4 is 10.2 Å². The molecule has 16 heavy (non-hydrogen) atoms. The van der Waals surface area contributed by atoms with Gasteiger partial charge in [0.25, 0.3) is 0 Å². The summed E-state index contributed by atoms with van der Waals surface area (Å²) >= 11 is 9.73. The number of likely N-dealkylation sites (N-methyl/N-ethyl adjacent to an activating group) is 1. The number of hydrogen-bond acceptors (Lipinski definition) is 2. The first-order valence-corrected chi connectivity index (χ1v) is 6.75. The average Bonchev–Trinajstić information content (AvgIpc) is 2.32. The molecule has 4 heteroatoms. The summed E-state index contributed by atoms with van der Waals surface area (Å²) < 4.78 is 1.08. The van der Waals surface area contributed by atoms with Gasteiger partial charge in [0.15, 0.2) is 0 Å². The summed E-state index contributed by atoms with van der Waals surface area (Å²) in [5.74, 6) is 0. The number of rotatable bonds is 2. The molecule has 1 N–H and O–H groups in total. The van der Waals surface area contributed by atoms with Gasteiger partial charge in [-0.1, -0.05) is 27.5 Å². The van der Waals surface area contributed by atoms with E-state index in [0.717, 1.165) is 28.3 Å². The van der Waals surface area contributed by atoms with E-state index in [4.69, 9.17) is 11.6 Å². The molecule has 1 fully saturated rings. The van der Waals surface area contributed by atoms with Crippen LogP contribution in [0.1, 0.15) is 12.8 Å². The lowest BCUT2D eigenvalue weighted by Crippen LogP contribution is -2.44. The van der Waals surface area contributed by atoms with Crippen LogP contribution in [0.5, 0.6) is 0 Å². The van der Waals surface area contributed by atoms with E-state index in [9.17, 15) is 0 Å². The van der Waals surface area contributed by atoms with Crippen LogP contribution in [0, 0.1) is 0 Å². The van der Waals surface area contributed by atoms with E-state index in [1.807, 2.05) is 19.2 Å². The van der Waals surface area contributed by atoms with Gasteiger partial charge in [-0.05, 0) is 38.1 Å². The van der Waals surface area contributed by atoms with Crippen LogP contribution in [0.3, 0.4) is 0 Å². The molecule has 0 aliphatic carbocycles. The highest BCUT2D eigenvalue weighted by molar-refractivity contribution is 9.10. The van der Waals surface area contributed by atoms with E-state index in [2.05, 4.69) is 32.2 Å². The Kier molecular flexibility index (Phi) is 4.11. The van der Waals surface area contributed by atoms with Crippen LogP contribution in [-0.2, 0) is 0 Å². The summed E-state index contributed by atoms with van der Waals surface area (Å²) in [4.78, 5) is 2.36. The summed E-state index contributed by atoms with van der Waals surface area (Å²) in [6.07, 6.45) is 2.47. The number of halogens is 2. The first-order chi connectivity index (χ1) is 7.70. The zero-order chi connectivity index (χ0) is 11.5. The second-order valence-electron chi connectivity index (χ2n) is 4.17. The highest BCUT2D eigenvalue weighted by Crippen LogP contribution is 2.31. The lowest BCUT2D eigenvalue weighted by atomic mass is 10.1. The molecular formula is C12H16BrClN2. The zero-order valence-corrected chi connectivity index (χ0v) is 11.7. The number of hydrogen-bond donors (Lipinski definition) is 1. The molecule has 1 aromatic rings. The maximum absolute atomic E-state index is 6.24. The molecule has 0 spiro atoms. The minimum absolute atomic E-state index is 0.573. The summed E-state index contributed by atoms with van der Waals surface area (Å²) in [7, 11) is 2.02. The monoisotopic (exact) mass is 302 g/mol. The highest BCUT2D eigenvalue weighted by Gasteiger charge is 2.20. The van der Waals surface area contributed by atoms with E-state index in [1.54, 1.807) is 0 Å². The third-order valence-electron chi connectivity index (χ3n) is 3.08. The fraction of sp³-hybridized carbons (Fsp3) is 0.500. The lowest BCUT2D eigenvalue weighted by Gasteiger charge is -2.34. The van der Waals surface area contributed by atoms with Crippen molar-refractivity contribution in [2.45, 2.75) is 18.9 Å². The normalized spacial score (nSPS) is 21.2. The van der Waals surface area contributed by atoms with Gasteiger partial charge in [-0.15, -0.1) is 0 Å². The molecule has 0 saturated carbocycles. The molecule has 0 amide bonds. The number of benzene rings is 1. The van der Waals surface area contributed by atoms with Crippen molar-refractivity contribution < 1.29 is 0 Å². The quantitative estimate of drug-likeness (QED) is 0.902. The van der Waals surface area contributed by atoms with Gasteiger partial charge < -0.3 is 10.2 Å². The van der Waals surface area contributed by atoms with Crippen molar-refractivity contribution in [3.63, 3.8) is 0 Å². The number of anilines is 1. The van der Waals surface area contributed by atoms with Crippen molar-refractivity contribution >= 4 is 33.2 Å². The molecule has 1 atom stereocenters. The molecular weight excluding hydrogens is 288 g/mol. The van der Waals surface area contributed by atoms with Crippen LogP contribution in [0.15, 0.2) is 22.7 Å². The Morgan fingerprint density at radius 3 is 3.06 bits per heavy atom. The molecule has 1 unspecified atom stereocenters. The second kappa shape index (κ2) is 5.39. The van der Waals surface area contributed by atoms with E-state index >= 15 is 0 Å². The topological polar surface area (TPSA) is 15.3 Å². The molecule has 2 nitrogen and oxygen atoms in total. The fourth-order valence-electron chi connectivity index (χ4n) is 2.16. The fourth-order valence-corrected chi connectivity index (χ4v) is 2.75. The Morgan fingerprint density at radius 2 is 2.31 bits per heavy atom. The van der Waals surface area contributed by atoms with Crippen molar-refractivity contribution in [3.05, 3.63) is 27.7 Å². The summed E-state index contributed by atoms with van der Waals surface area (Å²) in [5, 5.41) is 4.17. The van der Waals surface area contributed by atoms with Crippen LogP contribution in [-0.4, -0.2) is 26.2 Å². The van der Waals surface area contributed by atoms with Gasteiger partial charge >= 0.3 is 0 Å². The minimum atomic E-state index is 0.573. The van der Waals surface area contributed by atoms with Crippen LogP contribution in [0.2, 0.25) is 5.02 Å². The van der Waals surface area contributed by atoms with Gasteiger partial charge in [-0.2, -0.15) is 0 Å². The van der Waals surface area contributed by atoms with E-state index < -0.39 is 0 Å². The Balaban J connectivity index is 2.19. The third-order valence-corrected chi connectivity index (χ3v) is 3.89. The third kappa shape index (κ3) is 2.70. The highest BCUT2D eigenvalue weighted by atomic mass is 79.9. The maximum Gasteiger partial charge on any atom is 0.0640 e. The smallest absolute Gasteiger partial charge is 0.0640 e. The van der Waals surface area contributed by atoms with E-state index in [1.165, 1.54) is 12.8 Å². The Hall–Kier alpha value is -0.250. The van der Waals surface area contributed by atoms with Gasteiger partial charge in [0.05, 0.1) is 10.7 Å². The largest absolute Gasteiger partial charge is 0.369 e. The predicted molar refractivity (Wildman–Crippen MR) is 73.4 cm³/mol. The average molecular weight is 304 g/mol. The summed E-state index contributed by atoms with van der Waals surface area (Å²) in [6.45, 7) is 2.13. The number of nitrogens with zero attached hydrogens (tertiary/aromatic N) is 1. The summed E-state index contributed by atoms with van der Waals surface area (Å²) in [6, 6.07) is 6.60. The Labute approximate surface area is 110 Å². The van der Waals surface area contributed by atoms with E-state index in [0.29, 0.717) is 6.04 Å². The first-order valence-electron chi connectivity index (χ1n) is 5.58. The molecule has 1 heterocycles. The standard InChI is InChI=1S/C12H16BrClN2/c1-15-10-3-2-6-16(8-10)12-7-9(13)4-5-11(12)14/h4-5,7,10,15H,2-3,6,8H2,1H3. The van der Waals surface area contributed by atoms with Gasteiger partial charge in [0, 0.05) is 23.6 Å². The lowest BCUT2D eigenvalue weighted by molar-refractivity contribution is 0.449. The van der Waals surface area contributed by atoms with Gasteiger partial charge in [0.1, 0.15) is 0 Å². The number of nitrogens with one attached hydrogen (secondary N) is 1. The molecule has 2 rings (SSSR count). The van der Waals surface area contributed by atoms with Crippen molar-refractivity contribution in [2.24, 2.45) is 0 Å². The van der Waals surface area contributed by atoms with Gasteiger partial charge in [-0.3, -0.25) is 0 Å². The van der Waals surface area contributed by atoms with E-state index in [-0.39, 0.29) is 0 Å². The zero-order valence-electron chi connectivity index (χ0n) is 9.34. The maximum atomic E-state index is 6.24. The SMILES string of the molecule is CNC1CCCN(c2cc(Br)ccc2Cl)C1. The van der Waals surface area contributed by atoms with Gasteiger partial charge in [0.2, 0.25) is 0 Å². The first kappa shape index (κ1) is 12.2.